The number of amides is 1. The second-order valence-corrected chi connectivity index (χ2v) is 8.25. The van der Waals surface area contributed by atoms with Crippen LogP contribution in [0.25, 0.3) is 0 Å². The summed E-state index contributed by atoms with van der Waals surface area (Å²) < 4.78 is 38.1. The molecule has 1 unspecified atom stereocenters. The number of rotatable bonds is 3. The van der Waals surface area contributed by atoms with Crippen LogP contribution >= 0.6 is 11.6 Å². The minimum Gasteiger partial charge on any atom is -0.368 e. The molecule has 1 heterocycles. The van der Waals surface area contributed by atoms with Crippen LogP contribution in [0.3, 0.4) is 0 Å². The molecule has 1 saturated heterocycles. The standard InChI is InChI=1S/C22H22ClF3N2O/c1-14-2-7-17(23)12-20(14)27-8-10-28(11-9-27)21(29)19-13-18(19)15-3-5-16(6-4-15)22(24,25)26/h2-7,12,18-19H,8-11,13H2,1H3/t18-,19?/m0/s1. The molecule has 154 valence electrons. The third-order valence-electron chi connectivity index (χ3n) is 5.88. The summed E-state index contributed by atoms with van der Waals surface area (Å²) in [6, 6.07) is 11.0. The highest BCUT2D eigenvalue weighted by molar-refractivity contribution is 6.30. The highest BCUT2D eigenvalue weighted by Crippen LogP contribution is 2.49. The van der Waals surface area contributed by atoms with Gasteiger partial charge in [-0.3, -0.25) is 4.79 Å². The van der Waals surface area contributed by atoms with Gasteiger partial charge in [0, 0.05) is 42.8 Å². The zero-order chi connectivity index (χ0) is 20.8. The van der Waals surface area contributed by atoms with Gasteiger partial charge in [0.25, 0.3) is 0 Å². The minimum absolute atomic E-state index is 0.0259. The van der Waals surface area contributed by atoms with Gasteiger partial charge in [0.1, 0.15) is 0 Å². The van der Waals surface area contributed by atoms with Crippen LogP contribution in [0.15, 0.2) is 42.5 Å². The number of carbonyl (C=O) groups excluding carboxylic acids is 1. The van der Waals surface area contributed by atoms with Crippen molar-refractivity contribution in [3.63, 3.8) is 0 Å². The largest absolute Gasteiger partial charge is 0.416 e. The third-order valence-corrected chi connectivity index (χ3v) is 6.11. The fourth-order valence-electron chi connectivity index (χ4n) is 4.08. The van der Waals surface area contributed by atoms with Gasteiger partial charge in [0.2, 0.25) is 5.91 Å². The monoisotopic (exact) mass is 422 g/mol. The van der Waals surface area contributed by atoms with E-state index < -0.39 is 11.7 Å². The lowest BCUT2D eigenvalue weighted by Crippen LogP contribution is -2.49. The molecule has 2 aromatic carbocycles. The first-order chi connectivity index (χ1) is 13.7. The van der Waals surface area contributed by atoms with Crippen LogP contribution in [0.5, 0.6) is 0 Å². The Morgan fingerprint density at radius 2 is 1.69 bits per heavy atom. The van der Waals surface area contributed by atoms with Gasteiger partial charge in [0.05, 0.1) is 5.56 Å². The van der Waals surface area contributed by atoms with E-state index in [0.29, 0.717) is 24.5 Å². The predicted octanol–water partition coefficient (Wildman–Crippen LogP) is 5.12. The van der Waals surface area contributed by atoms with Gasteiger partial charge in [-0.15, -0.1) is 0 Å². The van der Waals surface area contributed by atoms with Crippen molar-refractivity contribution in [2.24, 2.45) is 5.92 Å². The highest BCUT2D eigenvalue weighted by atomic mass is 35.5. The van der Waals surface area contributed by atoms with Gasteiger partial charge in [-0.05, 0) is 54.7 Å². The fourth-order valence-corrected chi connectivity index (χ4v) is 4.25. The van der Waals surface area contributed by atoms with E-state index in [0.717, 1.165) is 42.0 Å². The molecule has 2 aromatic rings. The molecule has 1 aliphatic heterocycles. The molecule has 29 heavy (non-hydrogen) atoms. The lowest BCUT2D eigenvalue weighted by atomic mass is 10.1. The van der Waals surface area contributed by atoms with Gasteiger partial charge >= 0.3 is 6.18 Å². The van der Waals surface area contributed by atoms with Gasteiger partial charge in [-0.2, -0.15) is 13.2 Å². The number of alkyl halides is 3. The number of piperazine rings is 1. The van der Waals surface area contributed by atoms with Crippen LogP contribution in [0.1, 0.15) is 29.0 Å². The summed E-state index contributed by atoms with van der Waals surface area (Å²) in [5.41, 5.74) is 2.40. The molecule has 2 atom stereocenters. The van der Waals surface area contributed by atoms with E-state index in [1.807, 2.05) is 30.0 Å². The number of carbonyl (C=O) groups is 1. The smallest absolute Gasteiger partial charge is 0.368 e. The van der Waals surface area contributed by atoms with Crippen molar-refractivity contribution in [3.05, 3.63) is 64.2 Å². The molecule has 1 amide bonds. The van der Waals surface area contributed by atoms with Crippen LogP contribution in [-0.2, 0) is 11.0 Å². The maximum atomic E-state index is 12.8. The second-order valence-electron chi connectivity index (χ2n) is 7.81. The summed E-state index contributed by atoms with van der Waals surface area (Å²) in [6.45, 7) is 4.80. The Morgan fingerprint density at radius 3 is 2.31 bits per heavy atom. The zero-order valence-electron chi connectivity index (χ0n) is 16.0. The van der Waals surface area contributed by atoms with Gasteiger partial charge in [-0.1, -0.05) is 29.8 Å². The van der Waals surface area contributed by atoms with E-state index >= 15 is 0 Å². The summed E-state index contributed by atoms with van der Waals surface area (Å²) in [6.07, 6.45) is -3.63. The average molecular weight is 423 g/mol. The molecule has 1 aliphatic carbocycles. The third kappa shape index (κ3) is 4.22. The molecule has 4 rings (SSSR count). The quantitative estimate of drug-likeness (QED) is 0.685. The number of aryl methyl sites for hydroxylation is 1. The Kier molecular flexibility index (Phi) is 5.23. The predicted molar refractivity (Wildman–Crippen MR) is 107 cm³/mol. The Balaban J connectivity index is 1.34. The van der Waals surface area contributed by atoms with E-state index in [1.165, 1.54) is 12.1 Å². The molecule has 0 aromatic heterocycles. The average Bonchev–Trinajstić information content (AvgIpc) is 3.50. The van der Waals surface area contributed by atoms with Crippen LogP contribution in [0.4, 0.5) is 18.9 Å². The summed E-state index contributed by atoms with van der Waals surface area (Å²) in [5.74, 6) is 0.0153. The van der Waals surface area contributed by atoms with Crippen molar-refractivity contribution in [1.82, 2.24) is 4.90 Å². The van der Waals surface area contributed by atoms with E-state index in [2.05, 4.69) is 4.90 Å². The Labute approximate surface area is 173 Å². The number of hydrogen-bond acceptors (Lipinski definition) is 2. The van der Waals surface area contributed by atoms with Gasteiger partial charge in [-0.25, -0.2) is 0 Å². The van der Waals surface area contributed by atoms with Gasteiger partial charge in [0.15, 0.2) is 0 Å². The highest BCUT2D eigenvalue weighted by Gasteiger charge is 2.46. The Bertz CT molecular complexity index is 905. The molecule has 0 N–H and O–H groups in total. The van der Waals surface area contributed by atoms with E-state index in [9.17, 15) is 18.0 Å². The topological polar surface area (TPSA) is 23.6 Å². The van der Waals surface area contributed by atoms with E-state index in [1.54, 1.807) is 0 Å². The summed E-state index contributed by atoms with van der Waals surface area (Å²) in [5, 5.41) is 0.696. The number of halogens is 4. The van der Waals surface area contributed by atoms with Crippen LogP contribution in [0.2, 0.25) is 5.02 Å². The molecule has 0 radical (unpaired) electrons. The van der Waals surface area contributed by atoms with Crippen molar-refractivity contribution < 1.29 is 18.0 Å². The Hall–Kier alpha value is -2.21. The van der Waals surface area contributed by atoms with Crippen molar-refractivity contribution in [2.75, 3.05) is 31.1 Å². The summed E-state index contributed by atoms with van der Waals surface area (Å²) >= 11 is 6.12. The minimum atomic E-state index is -4.34. The second kappa shape index (κ2) is 7.56. The van der Waals surface area contributed by atoms with Crippen molar-refractivity contribution in [1.29, 1.82) is 0 Å². The maximum Gasteiger partial charge on any atom is 0.416 e. The van der Waals surface area contributed by atoms with Crippen LogP contribution in [-0.4, -0.2) is 37.0 Å². The molecule has 0 spiro atoms. The number of benzene rings is 2. The number of hydrogen-bond donors (Lipinski definition) is 0. The van der Waals surface area contributed by atoms with Crippen LogP contribution in [0, 0.1) is 12.8 Å². The lowest BCUT2D eigenvalue weighted by Gasteiger charge is -2.37. The molecule has 2 fully saturated rings. The normalized spacial score (nSPS) is 22.0. The fraction of sp³-hybridized carbons (Fsp3) is 0.409. The van der Waals surface area contributed by atoms with Crippen molar-refractivity contribution in [2.45, 2.75) is 25.4 Å². The molecule has 1 saturated carbocycles. The molecule has 2 aliphatic rings. The van der Waals surface area contributed by atoms with Crippen LogP contribution < -0.4 is 4.90 Å². The summed E-state index contributed by atoms with van der Waals surface area (Å²) in [4.78, 5) is 17.0. The molecule has 3 nitrogen and oxygen atoms in total. The molecule has 0 bridgehead atoms. The summed E-state index contributed by atoms with van der Waals surface area (Å²) in [7, 11) is 0. The molecule has 7 heteroatoms. The number of anilines is 1. The zero-order valence-corrected chi connectivity index (χ0v) is 16.8. The number of nitrogens with zero attached hydrogens (tertiary/aromatic N) is 2. The van der Waals surface area contributed by atoms with E-state index in [4.69, 9.17) is 11.6 Å². The molecular weight excluding hydrogens is 401 g/mol. The van der Waals surface area contributed by atoms with E-state index in [-0.39, 0.29) is 17.7 Å². The maximum absolute atomic E-state index is 12.8. The first-order valence-corrected chi connectivity index (χ1v) is 10.1. The first kappa shape index (κ1) is 20.1. The molecular formula is C22H22ClF3N2O. The Morgan fingerprint density at radius 1 is 1.03 bits per heavy atom. The van der Waals surface area contributed by atoms with Crippen molar-refractivity contribution >= 4 is 23.2 Å². The SMILES string of the molecule is Cc1ccc(Cl)cc1N1CCN(C(=O)C2C[C@H]2c2ccc(C(F)(F)F)cc2)CC1. The first-order valence-electron chi connectivity index (χ1n) is 9.71. The van der Waals surface area contributed by atoms with Crippen molar-refractivity contribution in [3.8, 4) is 0 Å². The lowest BCUT2D eigenvalue weighted by molar-refractivity contribution is -0.137. The van der Waals surface area contributed by atoms with Gasteiger partial charge < -0.3 is 9.80 Å².